The number of thiophene rings is 1. The van der Waals surface area contributed by atoms with E-state index >= 15 is 0 Å². The molecule has 0 aliphatic rings. The average molecular weight is 479 g/mol. The number of aryl methyl sites for hydroxylation is 1. The summed E-state index contributed by atoms with van der Waals surface area (Å²) in [6.45, 7) is 5.59. The van der Waals surface area contributed by atoms with E-state index in [1.54, 1.807) is 19.1 Å². The molecule has 0 saturated heterocycles. The number of fused-ring (bicyclic) bond motifs is 1. The van der Waals surface area contributed by atoms with E-state index in [9.17, 15) is 9.59 Å². The number of halogens is 1. The molecule has 154 valence electrons. The van der Waals surface area contributed by atoms with Crippen LogP contribution in [0, 0.1) is 0 Å². The number of imidazole rings is 1. The van der Waals surface area contributed by atoms with Gasteiger partial charge in [0.2, 0.25) is 11.9 Å². The maximum atomic E-state index is 12.7. The Hall–Kier alpha value is -2.23. The van der Waals surface area contributed by atoms with Gasteiger partial charge in [0.15, 0.2) is 0 Å². The molecule has 3 aromatic rings. The van der Waals surface area contributed by atoms with Crippen LogP contribution in [-0.2, 0) is 16.1 Å². The van der Waals surface area contributed by atoms with Crippen LogP contribution in [0.1, 0.15) is 29.9 Å². The molecule has 3 rings (SSSR count). The highest BCUT2D eigenvalue weighted by Gasteiger charge is 2.20. The lowest BCUT2D eigenvalue weighted by Crippen LogP contribution is -2.41. The summed E-state index contributed by atoms with van der Waals surface area (Å²) >= 11 is 4.65. The molecule has 1 aromatic carbocycles. The number of carbonyl (C=O) groups excluding carboxylic acids is 2. The Labute approximate surface area is 181 Å². The van der Waals surface area contributed by atoms with Gasteiger partial charge in [0.1, 0.15) is 6.04 Å². The number of nitrogens with one attached hydrogen (secondary N) is 2. The molecule has 0 spiro atoms. The molecular weight excluding hydrogens is 456 g/mol. The van der Waals surface area contributed by atoms with Gasteiger partial charge in [-0.25, -0.2) is 4.98 Å². The maximum Gasteiger partial charge on any atom is 0.262 e. The highest BCUT2D eigenvalue weighted by molar-refractivity contribution is 9.11. The topological polar surface area (TPSA) is 85.2 Å². The van der Waals surface area contributed by atoms with Crippen molar-refractivity contribution in [3.63, 3.8) is 0 Å². The Morgan fingerprint density at radius 2 is 2.07 bits per heavy atom. The minimum Gasteiger partial charge on any atom is -0.382 e. The van der Waals surface area contributed by atoms with E-state index in [1.165, 1.54) is 11.3 Å². The average Bonchev–Trinajstić information content (AvgIpc) is 3.29. The number of nitrogens with zero attached hydrogens (tertiary/aromatic N) is 2. The van der Waals surface area contributed by atoms with Gasteiger partial charge >= 0.3 is 0 Å². The van der Waals surface area contributed by atoms with Gasteiger partial charge in [-0.05, 0) is 60.5 Å². The van der Waals surface area contributed by atoms with Crippen LogP contribution in [0.3, 0.4) is 0 Å². The number of ether oxygens (including phenoxy) is 1. The van der Waals surface area contributed by atoms with Crippen LogP contribution in [0.5, 0.6) is 0 Å². The molecule has 2 N–H and O–H groups in total. The van der Waals surface area contributed by atoms with Crippen molar-refractivity contribution in [3.05, 3.63) is 45.1 Å². The molecule has 0 bridgehead atoms. The van der Waals surface area contributed by atoms with E-state index in [0.717, 1.165) is 21.2 Å². The smallest absolute Gasteiger partial charge is 0.262 e. The first-order valence-corrected chi connectivity index (χ1v) is 11.0. The Kier molecular flexibility index (Phi) is 7.40. The molecule has 2 amide bonds. The number of anilines is 1. The molecule has 0 radical (unpaired) electrons. The molecule has 1 atom stereocenters. The third-order valence-electron chi connectivity index (χ3n) is 4.30. The number of amides is 2. The molecule has 7 nitrogen and oxygen atoms in total. The number of hydrogen-bond donors (Lipinski definition) is 2. The predicted molar refractivity (Wildman–Crippen MR) is 118 cm³/mol. The Morgan fingerprint density at radius 1 is 1.28 bits per heavy atom. The Morgan fingerprint density at radius 3 is 2.79 bits per heavy atom. The second kappa shape index (κ2) is 10.00. The lowest BCUT2D eigenvalue weighted by Gasteiger charge is -2.15. The molecule has 0 fully saturated rings. The first-order valence-electron chi connectivity index (χ1n) is 9.39. The van der Waals surface area contributed by atoms with Crippen molar-refractivity contribution in [1.29, 1.82) is 0 Å². The van der Waals surface area contributed by atoms with Gasteiger partial charge in [0.25, 0.3) is 5.91 Å². The minimum atomic E-state index is -0.708. The molecule has 0 aliphatic carbocycles. The van der Waals surface area contributed by atoms with Crippen molar-refractivity contribution in [2.45, 2.75) is 32.9 Å². The fourth-order valence-corrected chi connectivity index (χ4v) is 4.14. The number of hydrogen-bond acceptors (Lipinski definition) is 5. The van der Waals surface area contributed by atoms with Crippen molar-refractivity contribution in [3.8, 4) is 0 Å². The van der Waals surface area contributed by atoms with Crippen molar-refractivity contribution in [2.75, 3.05) is 18.5 Å². The summed E-state index contributed by atoms with van der Waals surface area (Å²) in [6.07, 6.45) is 0.802. The van der Waals surface area contributed by atoms with E-state index in [2.05, 4.69) is 31.5 Å². The van der Waals surface area contributed by atoms with Crippen molar-refractivity contribution in [1.82, 2.24) is 14.9 Å². The van der Waals surface area contributed by atoms with E-state index in [-0.39, 0.29) is 11.8 Å². The lowest BCUT2D eigenvalue weighted by atomic mass is 10.3. The summed E-state index contributed by atoms with van der Waals surface area (Å²) in [6, 6.07) is 10.5. The second-order valence-corrected chi connectivity index (χ2v) is 8.88. The van der Waals surface area contributed by atoms with Crippen LogP contribution in [0.4, 0.5) is 5.95 Å². The van der Waals surface area contributed by atoms with Gasteiger partial charge in [0, 0.05) is 19.8 Å². The maximum absolute atomic E-state index is 12.7. The lowest BCUT2D eigenvalue weighted by molar-refractivity contribution is -0.117. The highest BCUT2D eigenvalue weighted by atomic mass is 79.9. The third kappa shape index (κ3) is 5.43. The monoisotopic (exact) mass is 478 g/mol. The number of aromatic nitrogens is 2. The van der Waals surface area contributed by atoms with Crippen LogP contribution in [0.2, 0.25) is 0 Å². The van der Waals surface area contributed by atoms with E-state index in [0.29, 0.717) is 30.6 Å². The van der Waals surface area contributed by atoms with Crippen LogP contribution >= 0.6 is 27.3 Å². The van der Waals surface area contributed by atoms with Gasteiger partial charge in [-0.1, -0.05) is 12.1 Å². The zero-order valence-electron chi connectivity index (χ0n) is 16.3. The number of benzene rings is 1. The molecule has 0 saturated carbocycles. The van der Waals surface area contributed by atoms with Crippen molar-refractivity contribution >= 4 is 56.1 Å². The predicted octanol–water partition coefficient (Wildman–Crippen LogP) is 4.04. The van der Waals surface area contributed by atoms with E-state index in [4.69, 9.17) is 4.74 Å². The molecule has 1 unspecified atom stereocenters. The van der Waals surface area contributed by atoms with E-state index in [1.807, 2.05) is 35.8 Å². The number of rotatable bonds is 9. The van der Waals surface area contributed by atoms with Crippen molar-refractivity contribution < 1.29 is 14.3 Å². The van der Waals surface area contributed by atoms with Gasteiger partial charge in [-0.3, -0.25) is 14.9 Å². The minimum absolute atomic E-state index is 0.284. The molecular formula is C20H23BrN4O3S. The molecule has 0 aliphatic heterocycles. The van der Waals surface area contributed by atoms with E-state index < -0.39 is 6.04 Å². The largest absolute Gasteiger partial charge is 0.382 e. The summed E-state index contributed by atoms with van der Waals surface area (Å²) in [5, 5.41) is 5.58. The van der Waals surface area contributed by atoms with Gasteiger partial charge in [-0.2, -0.15) is 0 Å². The zero-order chi connectivity index (χ0) is 20.8. The standard InChI is InChI=1S/C20H23BrN4O3S/c1-3-28-12-6-11-25-15-8-5-4-7-14(15)23-20(25)24-18(26)13(2)22-19(27)16-9-10-17(21)29-16/h4-5,7-10,13H,3,6,11-12H2,1-2H3,(H,22,27)(H,23,24,26). The Bertz CT molecular complexity index is 1000. The second-order valence-electron chi connectivity index (χ2n) is 6.41. The zero-order valence-corrected chi connectivity index (χ0v) is 18.7. The number of carbonyl (C=O) groups is 2. The van der Waals surface area contributed by atoms with Crippen LogP contribution in [-0.4, -0.2) is 40.6 Å². The first kappa shape index (κ1) is 21.5. The fourth-order valence-electron chi connectivity index (χ4n) is 2.85. The first-order chi connectivity index (χ1) is 14.0. The molecule has 2 heterocycles. The summed E-state index contributed by atoms with van der Waals surface area (Å²) < 4.78 is 8.25. The highest BCUT2D eigenvalue weighted by Crippen LogP contribution is 2.22. The summed E-state index contributed by atoms with van der Waals surface area (Å²) in [7, 11) is 0. The normalized spacial score (nSPS) is 12.1. The van der Waals surface area contributed by atoms with Crippen LogP contribution < -0.4 is 10.6 Å². The molecule has 2 aromatic heterocycles. The van der Waals surface area contributed by atoms with Gasteiger partial charge in [-0.15, -0.1) is 11.3 Å². The summed E-state index contributed by atoms with van der Waals surface area (Å²) in [5.74, 6) is -0.142. The SMILES string of the molecule is CCOCCCn1c(NC(=O)C(C)NC(=O)c2ccc(Br)s2)nc2ccccc21. The van der Waals surface area contributed by atoms with Gasteiger partial charge in [0.05, 0.1) is 19.7 Å². The van der Waals surface area contributed by atoms with Crippen molar-refractivity contribution in [2.24, 2.45) is 0 Å². The fraction of sp³-hybridized carbons (Fsp3) is 0.350. The third-order valence-corrected chi connectivity index (χ3v) is 5.92. The summed E-state index contributed by atoms with van der Waals surface area (Å²) in [4.78, 5) is 30.1. The Balaban J connectivity index is 1.70. The quantitative estimate of drug-likeness (QED) is 0.454. The van der Waals surface area contributed by atoms with Gasteiger partial charge < -0.3 is 14.6 Å². The number of para-hydroxylation sites is 2. The van der Waals surface area contributed by atoms with Crippen LogP contribution in [0.15, 0.2) is 40.2 Å². The summed E-state index contributed by atoms with van der Waals surface area (Å²) in [5.41, 5.74) is 1.75. The molecule has 9 heteroatoms. The van der Waals surface area contributed by atoms with Crippen LogP contribution in [0.25, 0.3) is 11.0 Å². The molecule has 29 heavy (non-hydrogen) atoms.